The first-order valence-electron chi connectivity index (χ1n) is 10.7. The van der Waals surface area contributed by atoms with Crippen LogP contribution in [0.25, 0.3) is 5.69 Å². The molecule has 0 aliphatic heterocycles. The van der Waals surface area contributed by atoms with Crippen LogP contribution in [-0.4, -0.2) is 48.9 Å². The first kappa shape index (κ1) is 27.4. The summed E-state index contributed by atoms with van der Waals surface area (Å²) in [6.45, 7) is 4.72. The third kappa shape index (κ3) is 6.33. The molecule has 12 heteroatoms. The van der Waals surface area contributed by atoms with E-state index in [2.05, 4.69) is 15.8 Å². The molecule has 1 heterocycles. The molecule has 0 aliphatic carbocycles. The quantitative estimate of drug-likeness (QED) is 0.324. The fraction of sp³-hybridized carbons (Fsp3) is 0.208. The van der Waals surface area contributed by atoms with E-state index in [-0.39, 0.29) is 10.8 Å². The van der Waals surface area contributed by atoms with Gasteiger partial charge in [0.25, 0.3) is 5.91 Å². The third-order valence-electron chi connectivity index (χ3n) is 5.26. The summed E-state index contributed by atoms with van der Waals surface area (Å²) >= 11 is 12.4. The Morgan fingerprint density at radius 2 is 1.75 bits per heavy atom. The van der Waals surface area contributed by atoms with Gasteiger partial charge in [0.15, 0.2) is 0 Å². The van der Waals surface area contributed by atoms with E-state index in [9.17, 15) is 18.0 Å². The number of aryl methyl sites for hydroxylation is 1. The topological polar surface area (TPSA) is 113 Å². The molecule has 0 saturated carbocycles. The SMILES string of the molecule is CC(=O)Nc1ccc(S(=O)(=O)N(C)CC(=O)N/N=C/c2cc(C)n(-c3ccc(Cl)cc3Cl)c2C)cc1. The molecule has 36 heavy (non-hydrogen) atoms. The number of anilines is 1. The van der Waals surface area contributed by atoms with Crippen LogP contribution >= 0.6 is 23.2 Å². The maximum absolute atomic E-state index is 12.8. The summed E-state index contributed by atoms with van der Waals surface area (Å²) in [4.78, 5) is 23.5. The van der Waals surface area contributed by atoms with Crippen LogP contribution in [0.15, 0.2) is 58.5 Å². The van der Waals surface area contributed by atoms with Crippen molar-refractivity contribution in [2.24, 2.45) is 5.10 Å². The number of amides is 2. The summed E-state index contributed by atoms with van der Waals surface area (Å²) in [5, 5.41) is 7.57. The average Bonchev–Trinajstić information content (AvgIpc) is 3.07. The second kappa shape index (κ2) is 11.3. The monoisotopic (exact) mass is 549 g/mol. The van der Waals surface area contributed by atoms with Crippen LogP contribution in [-0.2, 0) is 19.6 Å². The minimum absolute atomic E-state index is 0.0105. The summed E-state index contributed by atoms with van der Waals surface area (Å²) < 4.78 is 28.4. The average molecular weight is 550 g/mol. The molecule has 2 N–H and O–H groups in total. The number of rotatable bonds is 8. The van der Waals surface area contributed by atoms with Crippen molar-refractivity contribution in [3.05, 3.63) is 75.5 Å². The van der Waals surface area contributed by atoms with Gasteiger partial charge in [-0.2, -0.15) is 9.41 Å². The molecule has 0 unspecified atom stereocenters. The molecule has 0 spiro atoms. The van der Waals surface area contributed by atoms with Crippen molar-refractivity contribution < 1.29 is 18.0 Å². The van der Waals surface area contributed by atoms with E-state index >= 15 is 0 Å². The zero-order valence-electron chi connectivity index (χ0n) is 20.0. The summed E-state index contributed by atoms with van der Waals surface area (Å²) in [6, 6.07) is 12.8. The number of hydrogen-bond donors (Lipinski definition) is 2. The zero-order chi connectivity index (χ0) is 26.6. The molecule has 0 aliphatic rings. The highest BCUT2D eigenvalue weighted by molar-refractivity contribution is 7.89. The molecule has 0 atom stereocenters. The Balaban J connectivity index is 1.66. The summed E-state index contributed by atoms with van der Waals surface area (Å²) in [5.41, 5.74) is 6.08. The van der Waals surface area contributed by atoms with Crippen LogP contribution < -0.4 is 10.7 Å². The summed E-state index contributed by atoms with van der Waals surface area (Å²) in [6.07, 6.45) is 1.48. The minimum Gasteiger partial charge on any atom is -0.326 e. The fourth-order valence-electron chi connectivity index (χ4n) is 3.54. The predicted molar refractivity (Wildman–Crippen MR) is 142 cm³/mol. The molecule has 3 aromatic rings. The van der Waals surface area contributed by atoms with E-state index in [1.165, 1.54) is 44.5 Å². The lowest BCUT2D eigenvalue weighted by Crippen LogP contribution is -2.36. The molecule has 0 radical (unpaired) electrons. The highest BCUT2D eigenvalue weighted by Gasteiger charge is 2.23. The Kier molecular flexibility index (Phi) is 8.57. The minimum atomic E-state index is -3.92. The van der Waals surface area contributed by atoms with Gasteiger partial charge < -0.3 is 9.88 Å². The molecule has 0 fully saturated rings. The lowest BCUT2D eigenvalue weighted by Gasteiger charge is -2.16. The predicted octanol–water partition coefficient (Wildman–Crippen LogP) is 4.13. The highest BCUT2D eigenvalue weighted by Crippen LogP contribution is 2.28. The third-order valence-corrected chi connectivity index (χ3v) is 7.62. The molecular weight excluding hydrogens is 525 g/mol. The Morgan fingerprint density at radius 3 is 2.36 bits per heavy atom. The number of sulfonamides is 1. The van der Waals surface area contributed by atoms with Crippen LogP contribution in [0.2, 0.25) is 10.0 Å². The largest absolute Gasteiger partial charge is 0.326 e. The number of halogens is 2. The lowest BCUT2D eigenvalue weighted by atomic mass is 10.2. The van der Waals surface area contributed by atoms with E-state index in [0.29, 0.717) is 15.7 Å². The van der Waals surface area contributed by atoms with Crippen molar-refractivity contribution in [1.29, 1.82) is 0 Å². The van der Waals surface area contributed by atoms with Gasteiger partial charge in [0.05, 0.1) is 28.4 Å². The van der Waals surface area contributed by atoms with Crippen molar-refractivity contribution >= 4 is 56.9 Å². The van der Waals surface area contributed by atoms with Crippen molar-refractivity contribution in [1.82, 2.24) is 14.3 Å². The van der Waals surface area contributed by atoms with E-state index in [1.54, 1.807) is 12.1 Å². The van der Waals surface area contributed by atoms with E-state index in [1.807, 2.05) is 30.5 Å². The van der Waals surface area contributed by atoms with Gasteiger partial charge in [-0.25, -0.2) is 13.8 Å². The van der Waals surface area contributed by atoms with Crippen molar-refractivity contribution in [2.75, 3.05) is 18.9 Å². The first-order valence-corrected chi connectivity index (χ1v) is 12.9. The Bertz CT molecular complexity index is 1430. The Hall–Kier alpha value is -3.18. The molecule has 0 bridgehead atoms. The molecule has 1 aromatic heterocycles. The smallest absolute Gasteiger partial charge is 0.255 e. The molecule has 0 saturated heterocycles. The van der Waals surface area contributed by atoms with Crippen LogP contribution in [0.1, 0.15) is 23.9 Å². The van der Waals surface area contributed by atoms with Gasteiger partial charge in [-0.1, -0.05) is 23.2 Å². The van der Waals surface area contributed by atoms with Gasteiger partial charge in [0, 0.05) is 41.6 Å². The normalized spacial score (nSPS) is 11.8. The summed E-state index contributed by atoms with van der Waals surface area (Å²) in [5.74, 6) is -0.877. The number of carbonyl (C=O) groups is 2. The van der Waals surface area contributed by atoms with Gasteiger partial charge in [0.1, 0.15) is 0 Å². The molecule has 9 nitrogen and oxygen atoms in total. The van der Waals surface area contributed by atoms with Crippen molar-refractivity contribution in [3.63, 3.8) is 0 Å². The molecule has 2 aromatic carbocycles. The van der Waals surface area contributed by atoms with Crippen molar-refractivity contribution in [2.45, 2.75) is 25.7 Å². The van der Waals surface area contributed by atoms with Gasteiger partial charge in [0.2, 0.25) is 15.9 Å². The molecular formula is C24H25Cl2N5O4S. The molecule has 190 valence electrons. The van der Waals surface area contributed by atoms with Gasteiger partial charge in [-0.3, -0.25) is 9.59 Å². The van der Waals surface area contributed by atoms with E-state index < -0.39 is 22.5 Å². The number of carbonyl (C=O) groups excluding carboxylic acids is 2. The van der Waals surface area contributed by atoms with Crippen LogP contribution in [0, 0.1) is 13.8 Å². The zero-order valence-corrected chi connectivity index (χ0v) is 22.4. The first-order chi connectivity index (χ1) is 16.9. The number of aromatic nitrogens is 1. The Labute approximate surface area is 219 Å². The molecule has 2 amide bonds. The second-order valence-corrected chi connectivity index (χ2v) is 10.9. The second-order valence-electron chi connectivity index (χ2n) is 8.02. The maximum atomic E-state index is 12.8. The number of benzene rings is 2. The fourth-order valence-corrected chi connectivity index (χ4v) is 5.16. The standard InChI is InChI=1S/C24H25Cl2N5O4S/c1-15-11-18(16(2)31(15)23-10-5-19(25)12-22(23)26)13-27-29-24(33)14-30(4)36(34,35)21-8-6-20(7-9-21)28-17(3)32/h5-13H,14H2,1-4H3,(H,28,32)(H,29,33)/b27-13+. The maximum Gasteiger partial charge on any atom is 0.255 e. The van der Waals surface area contributed by atoms with Gasteiger partial charge in [-0.15, -0.1) is 0 Å². The lowest BCUT2D eigenvalue weighted by molar-refractivity contribution is -0.121. The van der Waals surface area contributed by atoms with E-state index in [0.717, 1.165) is 26.9 Å². The number of likely N-dealkylation sites (N-methyl/N-ethyl adjacent to an activating group) is 1. The Morgan fingerprint density at radius 1 is 1.08 bits per heavy atom. The number of hydrogen-bond acceptors (Lipinski definition) is 5. The number of nitrogens with one attached hydrogen (secondary N) is 2. The highest BCUT2D eigenvalue weighted by atomic mass is 35.5. The molecule has 3 rings (SSSR count). The van der Waals surface area contributed by atoms with Crippen LogP contribution in [0.5, 0.6) is 0 Å². The van der Waals surface area contributed by atoms with Crippen molar-refractivity contribution in [3.8, 4) is 5.69 Å². The van der Waals surface area contributed by atoms with Gasteiger partial charge in [-0.05, 0) is 62.4 Å². The van der Waals surface area contributed by atoms with Crippen LogP contribution in [0.4, 0.5) is 5.69 Å². The number of nitrogens with zero attached hydrogens (tertiary/aromatic N) is 3. The number of hydrazone groups is 1. The van der Waals surface area contributed by atoms with E-state index in [4.69, 9.17) is 23.2 Å². The van der Waals surface area contributed by atoms with Crippen LogP contribution in [0.3, 0.4) is 0 Å². The summed E-state index contributed by atoms with van der Waals surface area (Å²) in [7, 11) is -2.63. The van der Waals surface area contributed by atoms with Gasteiger partial charge >= 0.3 is 0 Å².